The molecule has 0 aliphatic carbocycles. The highest BCUT2D eigenvalue weighted by Gasteiger charge is 2.28. The van der Waals surface area contributed by atoms with Crippen LogP contribution in [0.15, 0.2) is 18.3 Å². The summed E-state index contributed by atoms with van der Waals surface area (Å²) in [7, 11) is 0. The second-order valence-electron chi connectivity index (χ2n) is 5.33. The molecule has 0 saturated heterocycles. The third-order valence-electron chi connectivity index (χ3n) is 2.76. The van der Waals surface area contributed by atoms with Gasteiger partial charge in [0, 0.05) is 18.4 Å². The van der Waals surface area contributed by atoms with Gasteiger partial charge in [-0.25, -0.2) is 0 Å². The number of rotatable bonds is 4. The van der Waals surface area contributed by atoms with Gasteiger partial charge in [-0.05, 0) is 24.0 Å². The van der Waals surface area contributed by atoms with Crippen LogP contribution in [0.3, 0.4) is 0 Å². The van der Waals surface area contributed by atoms with E-state index in [0.717, 1.165) is 11.3 Å². The molecule has 4 nitrogen and oxygen atoms in total. The zero-order chi connectivity index (χ0) is 13.1. The molecular weight excluding hydrogens is 214 g/mol. The van der Waals surface area contributed by atoms with Crippen molar-refractivity contribution < 1.29 is 4.79 Å². The Morgan fingerprint density at radius 1 is 1.53 bits per heavy atom. The third-order valence-corrected chi connectivity index (χ3v) is 2.76. The Labute approximate surface area is 103 Å². The minimum Gasteiger partial charge on any atom is -0.368 e. The Hall–Kier alpha value is -1.42. The lowest BCUT2D eigenvalue weighted by Crippen LogP contribution is -2.49. The number of carbonyl (C=O) groups is 1. The molecule has 17 heavy (non-hydrogen) atoms. The number of amides is 1. The van der Waals surface area contributed by atoms with E-state index in [1.165, 1.54) is 0 Å². The van der Waals surface area contributed by atoms with Crippen molar-refractivity contribution in [3.8, 4) is 0 Å². The van der Waals surface area contributed by atoms with Crippen molar-refractivity contribution in [1.82, 2.24) is 10.3 Å². The Balaban J connectivity index is 2.72. The molecule has 1 aromatic heterocycles. The number of pyridine rings is 1. The third kappa shape index (κ3) is 3.82. The van der Waals surface area contributed by atoms with E-state index in [-0.39, 0.29) is 17.4 Å². The summed E-state index contributed by atoms with van der Waals surface area (Å²) in [6, 6.07) is 3.54. The lowest BCUT2D eigenvalue weighted by Gasteiger charge is -2.29. The molecule has 94 valence electrons. The molecule has 0 saturated carbocycles. The molecule has 4 heteroatoms. The fourth-order valence-corrected chi connectivity index (χ4v) is 1.75. The summed E-state index contributed by atoms with van der Waals surface area (Å²) in [6.07, 6.45) is 1.76. The van der Waals surface area contributed by atoms with Gasteiger partial charge in [0.05, 0.1) is 6.04 Å². The number of nitrogens with one attached hydrogen (secondary N) is 1. The topological polar surface area (TPSA) is 68.0 Å². The highest BCUT2D eigenvalue weighted by atomic mass is 16.1. The van der Waals surface area contributed by atoms with Gasteiger partial charge in [0.1, 0.15) is 0 Å². The van der Waals surface area contributed by atoms with Crippen LogP contribution in [-0.4, -0.2) is 16.9 Å². The van der Waals surface area contributed by atoms with Crippen LogP contribution in [-0.2, 0) is 11.3 Å². The Bertz CT molecular complexity index is 396. The van der Waals surface area contributed by atoms with Crippen LogP contribution in [0.2, 0.25) is 0 Å². The summed E-state index contributed by atoms with van der Waals surface area (Å²) in [5.41, 5.74) is 7.27. The Morgan fingerprint density at radius 2 is 2.18 bits per heavy atom. The molecule has 1 heterocycles. The highest BCUT2D eigenvalue weighted by molar-refractivity contribution is 5.80. The van der Waals surface area contributed by atoms with Gasteiger partial charge >= 0.3 is 0 Å². The molecule has 1 rings (SSSR count). The maximum absolute atomic E-state index is 11.4. The first-order valence-corrected chi connectivity index (χ1v) is 5.75. The molecule has 0 aromatic carbocycles. The average molecular weight is 235 g/mol. The van der Waals surface area contributed by atoms with Crippen molar-refractivity contribution in [2.45, 2.75) is 40.3 Å². The molecule has 0 unspecified atom stereocenters. The van der Waals surface area contributed by atoms with Gasteiger partial charge in [0.15, 0.2) is 0 Å². The normalized spacial score (nSPS) is 13.4. The summed E-state index contributed by atoms with van der Waals surface area (Å²) >= 11 is 0. The quantitative estimate of drug-likeness (QED) is 0.828. The molecule has 1 amide bonds. The van der Waals surface area contributed by atoms with E-state index in [4.69, 9.17) is 5.73 Å². The van der Waals surface area contributed by atoms with Crippen molar-refractivity contribution >= 4 is 5.91 Å². The molecule has 1 atom stereocenters. The average Bonchev–Trinajstić information content (AvgIpc) is 2.18. The largest absolute Gasteiger partial charge is 0.368 e. The van der Waals surface area contributed by atoms with Gasteiger partial charge < -0.3 is 11.1 Å². The molecule has 1 aromatic rings. The van der Waals surface area contributed by atoms with Crippen LogP contribution < -0.4 is 11.1 Å². The SMILES string of the molecule is Cc1ncccc1CN[C@H](C(N)=O)C(C)(C)C. The number of nitrogens with two attached hydrogens (primary N) is 1. The van der Waals surface area contributed by atoms with E-state index in [1.54, 1.807) is 6.20 Å². The van der Waals surface area contributed by atoms with Crippen molar-refractivity contribution in [1.29, 1.82) is 0 Å². The van der Waals surface area contributed by atoms with E-state index >= 15 is 0 Å². The first-order chi connectivity index (χ1) is 7.82. The summed E-state index contributed by atoms with van der Waals surface area (Å²) < 4.78 is 0. The minimum absolute atomic E-state index is 0.193. The molecule has 0 spiro atoms. The smallest absolute Gasteiger partial charge is 0.235 e. The monoisotopic (exact) mass is 235 g/mol. The van der Waals surface area contributed by atoms with Crippen LogP contribution in [0.5, 0.6) is 0 Å². The second kappa shape index (κ2) is 5.27. The summed E-state index contributed by atoms with van der Waals surface area (Å²) in [5.74, 6) is -0.320. The predicted octanol–water partition coefficient (Wildman–Crippen LogP) is 1.38. The van der Waals surface area contributed by atoms with E-state index in [9.17, 15) is 4.79 Å². The van der Waals surface area contributed by atoms with Gasteiger partial charge in [-0.2, -0.15) is 0 Å². The maximum Gasteiger partial charge on any atom is 0.235 e. The number of primary amides is 1. The molecule has 0 aliphatic heterocycles. The Morgan fingerprint density at radius 3 is 2.65 bits per heavy atom. The number of hydrogen-bond donors (Lipinski definition) is 2. The van der Waals surface area contributed by atoms with Crippen LogP contribution in [0.4, 0.5) is 0 Å². The van der Waals surface area contributed by atoms with Gasteiger partial charge in [-0.3, -0.25) is 9.78 Å². The number of nitrogens with zero attached hydrogens (tertiary/aromatic N) is 1. The number of hydrogen-bond acceptors (Lipinski definition) is 3. The van der Waals surface area contributed by atoms with Crippen molar-refractivity contribution in [2.24, 2.45) is 11.1 Å². The molecule has 0 fully saturated rings. The van der Waals surface area contributed by atoms with Gasteiger partial charge in [-0.1, -0.05) is 26.8 Å². The molecule has 0 aliphatic rings. The highest BCUT2D eigenvalue weighted by Crippen LogP contribution is 2.19. The molecular formula is C13H21N3O. The van der Waals surface area contributed by atoms with E-state index in [2.05, 4.69) is 10.3 Å². The van der Waals surface area contributed by atoms with Crippen LogP contribution in [0.25, 0.3) is 0 Å². The number of aromatic nitrogens is 1. The minimum atomic E-state index is -0.345. The van der Waals surface area contributed by atoms with Crippen molar-refractivity contribution in [3.63, 3.8) is 0 Å². The van der Waals surface area contributed by atoms with E-state index < -0.39 is 0 Å². The van der Waals surface area contributed by atoms with Crippen LogP contribution in [0.1, 0.15) is 32.0 Å². The van der Waals surface area contributed by atoms with Crippen LogP contribution in [0, 0.1) is 12.3 Å². The summed E-state index contributed by atoms with van der Waals surface area (Å²) in [6.45, 7) is 8.53. The molecule has 0 radical (unpaired) electrons. The standard InChI is InChI=1S/C13H21N3O/c1-9-10(6-5-7-15-9)8-16-11(12(14)17)13(2,3)4/h5-7,11,16H,8H2,1-4H3,(H2,14,17)/t11-/m1/s1. The van der Waals surface area contributed by atoms with Gasteiger partial charge in [0.25, 0.3) is 0 Å². The Kier molecular flexibility index (Phi) is 4.23. The maximum atomic E-state index is 11.4. The van der Waals surface area contributed by atoms with Crippen molar-refractivity contribution in [2.75, 3.05) is 0 Å². The summed E-state index contributed by atoms with van der Waals surface area (Å²) in [4.78, 5) is 15.6. The molecule has 0 bridgehead atoms. The fourth-order valence-electron chi connectivity index (χ4n) is 1.75. The first kappa shape index (κ1) is 13.6. The zero-order valence-corrected chi connectivity index (χ0v) is 10.9. The van der Waals surface area contributed by atoms with Crippen molar-refractivity contribution in [3.05, 3.63) is 29.6 Å². The van der Waals surface area contributed by atoms with E-state index in [0.29, 0.717) is 6.54 Å². The van der Waals surface area contributed by atoms with Crippen LogP contribution >= 0.6 is 0 Å². The predicted molar refractivity (Wildman–Crippen MR) is 68.3 cm³/mol. The number of aryl methyl sites for hydroxylation is 1. The van der Waals surface area contributed by atoms with Gasteiger partial charge in [0.2, 0.25) is 5.91 Å². The lowest BCUT2D eigenvalue weighted by molar-refractivity contribution is -0.122. The lowest BCUT2D eigenvalue weighted by atomic mass is 9.86. The number of carbonyl (C=O) groups excluding carboxylic acids is 1. The molecule has 3 N–H and O–H groups in total. The van der Waals surface area contributed by atoms with E-state index in [1.807, 2.05) is 39.8 Å². The van der Waals surface area contributed by atoms with Gasteiger partial charge in [-0.15, -0.1) is 0 Å². The first-order valence-electron chi connectivity index (χ1n) is 5.75. The zero-order valence-electron chi connectivity index (χ0n) is 10.9. The fraction of sp³-hybridized carbons (Fsp3) is 0.538. The second-order valence-corrected chi connectivity index (χ2v) is 5.33. The summed E-state index contributed by atoms with van der Waals surface area (Å²) in [5, 5.41) is 3.20.